The summed E-state index contributed by atoms with van der Waals surface area (Å²) in [7, 11) is 0. The van der Waals surface area contributed by atoms with E-state index >= 15 is 0 Å². The number of benzene rings is 3. The zero-order chi connectivity index (χ0) is 23.2. The van der Waals surface area contributed by atoms with E-state index in [0.29, 0.717) is 34.7 Å². The first-order chi connectivity index (χ1) is 16.0. The first kappa shape index (κ1) is 22.2. The molecule has 1 amide bonds. The second-order valence-corrected chi connectivity index (χ2v) is 8.02. The van der Waals surface area contributed by atoms with Crippen molar-refractivity contribution in [3.8, 4) is 11.5 Å². The Hall–Kier alpha value is -3.97. The summed E-state index contributed by atoms with van der Waals surface area (Å²) in [5, 5.41) is 3.47. The van der Waals surface area contributed by atoms with Crippen LogP contribution in [-0.4, -0.2) is 33.4 Å². The van der Waals surface area contributed by atoms with Crippen LogP contribution in [0, 0.1) is 0 Å². The van der Waals surface area contributed by atoms with Crippen molar-refractivity contribution in [1.29, 1.82) is 0 Å². The minimum atomic E-state index is -0.179. The molecule has 7 nitrogen and oxygen atoms in total. The maximum Gasteiger partial charge on any atom is 0.258 e. The number of hydrogen-bond acceptors (Lipinski definition) is 5. The summed E-state index contributed by atoms with van der Waals surface area (Å²) in [5.41, 5.74) is 1.14. The standard InChI is InChI=1S/C26H26N4O3/c1-18(2)30(16-24-28-23-11-7-6-10-22(23)26(32)29-24)17-25(31)27-19-12-14-21(15-13-19)33-20-8-4-3-5-9-20/h3-15,18H,16-17H2,1-2H3,(H,27,31)(H,28,29,32). The molecule has 7 heteroatoms. The number of fused-ring (bicyclic) bond motifs is 1. The van der Waals surface area contributed by atoms with Gasteiger partial charge in [0.2, 0.25) is 5.91 Å². The second-order valence-electron chi connectivity index (χ2n) is 8.02. The van der Waals surface area contributed by atoms with E-state index in [9.17, 15) is 9.59 Å². The van der Waals surface area contributed by atoms with Gasteiger partial charge in [-0.05, 0) is 62.4 Å². The van der Waals surface area contributed by atoms with Gasteiger partial charge in [0.15, 0.2) is 0 Å². The molecule has 0 saturated heterocycles. The highest BCUT2D eigenvalue weighted by molar-refractivity contribution is 5.92. The fraction of sp³-hybridized carbons (Fsp3) is 0.192. The van der Waals surface area contributed by atoms with E-state index in [1.54, 1.807) is 18.2 Å². The number of aromatic amines is 1. The van der Waals surface area contributed by atoms with Crippen molar-refractivity contribution in [2.75, 3.05) is 11.9 Å². The van der Waals surface area contributed by atoms with Crippen LogP contribution >= 0.6 is 0 Å². The van der Waals surface area contributed by atoms with Crippen LogP contribution in [0.15, 0.2) is 83.7 Å². The average Bonchev–Trinajstić information content (AvgIpc) is 2.80. The third-order valence-corrected chi connectivity index (χ3v) is 5.21. The molecule has 0 spiro atoms. The second kappa shape index (κ2) is 10.1. The van der Waals surface area contributed by atoms with Crippen LogP contribution in [0.25, 0.3) is 10.9 Å². The number of aromatic nitrogens is 2. The summed E-state index contributed by atoms with van der Waals surface area (Å²) in [6, 6.07) is 24.0. The van der Waals surface area contributed by atoms with Gasteiger partial charge in [0.1, 0.15) is 17.3 Å². The Labute approximate surface area is 192 Å². The quantitative estimate of drug-likeness (QED) is 0.418. The number of anilines is 1. The summed E-state index contributed by atoms with van der Waals surface area (Å²) >= 11 is 0. The molecular weight excluding hydrogens is 416 g/mol. The molecule has 0 aliphatic carbocycles. The Morgan fingerprint density at radius 2 is 1.64 bits per heavy atom. The normalized spacial score (nSPS) is 11.2. The molecule has 0 aliphatic rings. The monoisotopic (exact) mass is 442 g/mol. The summed E-state index contributed by atoms with van der Waals surface area (Å²) in [6.45, 7) is 4.52. The van der Waals surface area contributed by atoms with Crippen molar-refractivity contribution in [3.63, 3.8) is 0 Å². The molecule has 4 aromatic rings. The van der Waals surface area contributed by atoms with Gasteiger partial charge in [-0.1, -0.05) is 30.3 Å². The number of nitrogens with zero attached hydrogens (tertiary/aromatic N) is 2. The molecule has 0 radical (unpaired) electrons. The molecule has 0 saturated carbocycles. The molecule has 2 N–H and O–H groups in total. The van der Waals surface area contributed by atoms with Crippen molar-refractivity contribution in [1.82, 2.24) is 14.9 Å². The van der Waals surface area contributed by atoms with Crippen LogP contribution in [0.1, 0.15) is 19.7 Å². The number of carbonyl (C=O) groups excluding carboxylic acids is 1. The SMILES string of the molecule is CC(C)N(CC(=O)Nc1ccc(Oc2ccccc2)cc1)Cc1nc2ccccc2c(=O)[nH]1. The van der Waals surface area contributed by atoms with Gasteiger partial charge in [-0.3, -0.25) is 14.5 Å². The molecule has 0 aliphatic heterocycles. The molecule has 1 aromatic heterocycles. The van der Waals surface area contributed by atoms with Crippen LogP contribution in [0.3, 0.4) is 0 Å². The molecule has 0 atom stereocenters. The van der Waals surface area contributed by atoms with Crippen molar-refractivity contribution in [2.45, 2.75) is 26.4 Å². The van der Waals surface area contributed by atoms with E-state index in [2.05, 4.69) is 15.3 Å². The maximum absolute atomic E-state index is 12.7. The smallest absolute Gasteiger partial charge is 0.258 e. The van der Waals surface area contributed by atoms with E-state index in [1.807, 2.05) is 79.4 Å². The van der Waals surface area contributed by atoms with E-state index in [4.69, 9.17) is 4.74 Å². The fourth-order valence-electron chi connectivity index (χ4n) is 3.44. The maximum atomic E-state index is 12.7. The van der Waals surface area contributed by atoms with E-state index < -0.39 is 0 Å². The van der Waals surface area contributed by atoms with Gasteiger partial charge in [-0.2, -0.15) is 0 Å². The Bertz CT molecular complexity index is 1280. The zero-order valence-corrected chi connectivity index (χ0v) is 18.6. The number of carbonyl (C=O) groups is 1. The summed E-state index contributed by atoms with van der Waals surface area (Å²) in [4.78, 5) is 34.4. The predicted octanol–water partition coefficient (Wildman–Crippen LogP) is 4.56. The number of para-hydroxylation sites is 2. The topological polar surface area (TPSA) is 87.3 Å². The summed E-state index contributed by atoms with van der Waals surface area (Å²) < 4.78 is 5.78. The number of nitrogens with one attached hydrogen (secondary N) is 2. The van der Waals surface area contributed by atoms with Gasteiger partial charge >= 0.3 is 0 Å². The van der Waals surface area contributed by atoms with E-state index in [-0.39, 0.29) is 24.1 Å². The summed E-state index contributed by atoms with van der Waals surface area (Å²) in [6.07, 6.45) is 0. The molecule has 4 rings (SSSR count). The highest BCUT2D eigenvalue weighted by Gasteiger charge is 2.17. The molecule has 0 fully saturated rings. The largest absolute Gasteiger partial charge is 0.457 e. The van der Waals surface area contributed by atoms with Gasteiger partial charge in [-0.25, -0.2) is 4.98 Å². The Morgan fingerprint density at radius 1 is 0.970 bits per heavy atom. The van der Waals surface area contributed by atoms with Crippen molar-refractivity contribution >= 4 is 22.5 Å². The Morgan fingerprint density at radius 3 is 2.36 bits per heavy atom. The van der Waals surface area contributed by atoms with Crippen molar-refractivity contribution in [2.24, 2.45) is 0 Å². The Balaban J connectivity index is 1.39. The van der Waals surface area contributed by atoms with Gasteiger partial charge in [0.05, 0.1) is 24.0 Å². The molecule has 33 heavy (non-hydrogen) atoms. The third kappa shape index (κ3) is 5.84. The average molecular weight is 443 g/mol. The van der Waals surface area contributed by atoms with Gasteiger partial charge in [0, 0.05) is 11.7 Å². The minimum Gasteiger partial charge on any atom is -0.457 e. The minimum absolute atomic E-state index is 0.0779. The molecule has 1 heterocycles. The number of rotatable bonds is 8. The number of H-pyrrole nitrogens is 1. The van der Waals surface area contributed by atoms with Gasteiger partial charge in [-0.15, -0.1) is 0 Å². The fourth-order valence-corrected chi connectivity index (χ4v) is 3.44. The number of ether oxygens (including phenoxy) is 1. The molecule has 168 valence electrons. The predicted molar refractivity (Wildman–Crippen MR) is 129 cm³/mol. The van der Waals surface area contributed by atoms with Crippen LogP contribution < -0.4 is 15.6 Å². The number of amides is 1. The lowest BCUT2D eigenvalue weighted by atomic mass is 10.2. The van der Waals surface area contributed by atoms with Crippen molar-refractivity contribution < 1.29 is 9.53 Å². The number of hydrogen-bond donors (Lipinski definition) is 2. The molecule has 0 unspecified atom stereocenters. The first-order valence-corrected chi connectivity index (χ1v) is 10.8. The lowest BCUT2D eigenvalue weighted by Gasteiger charge is -2.25. The summed E-state index contributed by atoms with van der Waals surface area (Å²) in [5.74, 6) is 1.82. The van der Waals surface area contributed by atoms with Crippen LogP contribution in [0.2, 0.25) is 0 Å². The lowest BCUT2D eigenvalue weighted by molar-refractivity contribution is -0.117. The zero-order valence-electron chi connectivity index (χ0n) is 18.6. The van der Waals surface area contributed by atoms with E-state index in [1.165, 1.54) is 0 Å². The third-order valence-electron chi connectivity index (χ3n) is 5.21. The highest BCUT2D eigenvalue weighted by atomic mass is 16.5. The Kier molecular flexibility index (Phi) is 6.80. The van der Waals surface area contributed by atoms with Crippen LogP contribution in [0.5, 0.6) is 11.5 Å². The van der Waals surface area contributed by atoms with Crippen LogP contribution in [-0.2, 0) is 11.3 Å². The van der Waals surface area contributed by atoms with E-state index in [0.717, 1.165) is 5.75 Å². The van der Waals surface area contributed by atoms with Gasteiger partial charge in [0.25, 0.3) is 5.56 Å². The molecule has 0 bridgehead atoms. The lowest BCUT2D eigenvalue weighted by Crippen LogP contribution is -2.38. The van der Waals surface area contributed by atoms with Crippen molar-refractivity contribution in [3.05, 3.63) is 95.0 Å². The molecule has 3 aromatic carbocycles. The first-order valence-electron chi connectivity index (χ1n) is 10.8. The van der Waals surface area contributed by atoms with Crippen LogP contribution in [0.4, 0.5) is 5.69 Å². The van der Waals surface area contributed by atoms with Gasteiger partial charge < -0.3 is 15.0 Å². The highest BCUT2D eigenvalue weighted by Crippen LogP contribution is 2.22. The molecular formula is C26H26N4O3.